The molecule has 2 aliphatic rings. The monoisotopic (exact) mass is 275 g/mol. The molecule has 0 aromatic heterocycles. The molecule has 0 spiro atoms. The van der Waals surface area contributed by atoms with Gasteiger partial charge in [0.05, 0.1) is 18.8 Å². The van der Waals surface area contributed by atoms with E-state index in [0.29, 0.717) is 24.2 Å². The number of aliphatic hydroxyl groups excluding tert-OH is 1. The molecular formula is C16H21NO3. The van der Waals surface area contributed by atoms with Gasteiger partial charge in [0.25, 0.3) is 5.91 Å². The number of aryl methyl sites for hydroxylation is 1. The first-order valence-electron chi connectivity index (χ1n) is 7.26. The minimum Gasteiger partial charge on any atom is -0.496 e. The van der Waals surface area contributed by atoms with Crippen LogP contribution < -0.4 is 4.74 Å². The summed E-state index contributed by atoms with van der Waals surface area (Å²) in [7, 11) is 1.60. The molecule has 1 N–H and O–H groups in total. The Kier molecular flexibility index (Phi) is 3.42. The van der Waals surface area contributed by atoms with Gasteiger partial charge in [-0.1, -0.05) is 12.1 Å². The third-order valence-electron chi connectivity index (χ3n) is 4.61. The van der Waals surface area contributed by atoms with Crippen LogP contribution in [0.25, 0.3) is 0 Å². The van der Waals surface area contributed by atoms with E-state index in [1.807, 2.05) is 30.0 Å². The topological polar surface area (TPSA) is 49.8 Å². The Morgan fingerprint density at radius 2 is 1.95 bits per heavy atom. The molecular weight excluding hydrogens is 254 g/mol. The van der Waals surface area contributed by atoms with Crippen molar-refractivity contribution in [1.82, 2.24) is 4.90 Å². The first-order chi connectivity index (χ1) is 9.61. The third-order valence-corrected chi connectivity index (χ3v) is 4.61. The van der Waals surface area contributed by atoms with E-state index in [0.717, 1.165) is 18.4 Å². The number of methoxy groups -OCH3 is 1. The number of carbonyl (C=O) groups is 1. The summed E-state index contributed by atoms with van der Waals surface area (Å²) in [5.41, 5.74) is 1.61. The number of ether oxygens (including phenoxy) is 1. The van der Waals surface area contributed by atoms with Crippen molar-refractivity contribution in [2.24, 2.45) is 0 Å². The number of nitrogens with zero attached hydrogens (tertiary/aromatic N) is 1. The second-order valence-corrected chi connectivity index (χ2v) is 5.87. The van der Waals surface area contributed by atoms with Gasteiger partial charge in [-0.2, -0.15) is 0 Å². The predicted molar refractivity (Wildman–Crippen MR) is 76.0 cm³/mol. The van der Waals surface area contributed by atoms with Crippen molar-refractivity contribution >= 4 is 5.91 Å². The van der Waals surface area contributed by atoms with Gasteiger partial charge in [0.1, 0.15) is 5.75 Å². The van der Waals surface area contributed by atoms with Crippen LogP contribution in [0.15, 0.2) is 18.2 Å². The van der Waals surface area contributed by atoms with Gasteiger partial charge in [0.15, 0.2) is 0 Å². The zero-order chi connectivity index (χ0) is 14.3. The Bertz CT molecular complexity index is 514. The van der Waals surface area contributed by atoms with E-state index in [2.05, 4.69) is 0 Å². The Morgan fingerprint density at radius 3 is 2.55 bits per heavy atom. The Balaban J connectivity index is 1.94. The Hall–Kier alpha value is -1.55. The Labute approximate surface area is 119 Å². The molecule has 4 nitrogen and oxygen atoms in total. The fourth-order valence-electron chi connectivity index (χ4n) is 3.69. The van der Waals surface area contributed by atoms with Gasteiger partial charge in [-0.3, -0.25) is 4.79 Å². The largest absolute Gasteiger partial charge is 0.496 e. The summed E-state index contributed by atoms with van der Waals surface area (Å²) in [6.07, 6.45) is 3.16. The molecule has 108 valence electrons. The smallest absolute Gasteiger partial charge is 0.258 e. The van der Waals surface area contributed by atoms with E-state index in [9.17, 15) is 9.90 Å². The molecule has 0 aliphatic carbocycles. The second kappa shape index (κ2) is 5.09. The van der Waals surface area contributed by atoms with Gasteiger partial charge < -0.3 is 14.7 Å². The number of amides is 1. The molecule has 2 saturated heterocycles. The Morgan fingerprint density at radius 1 is 1.30 bits per heavy atom. The van der Waals surface area contributed by atoms with E-state index in [1.54, 1.807) is 7.11 Å². The predicted octanol–water partition coefficient (Wildman–Crippen LogP) is 2.13. The van der Waals surface area contributed by atoms with Crippen molar-refractivity contribution in [3.8, 4) is 5.75 Å². The van der Waals surface area contributed by atoms with Crippen molar-refractivity contribution in [2.45, 2.75) is 50.8 Å². The molecule has 2 bridgehead atoms. The summed E-state index contributed by atoms with van der Waals surface area (Å²) in [4.78, 5) is 14.9. The van der Waals surface area contributed by atoms with Gasteiger partial charge in [0.2, 0.25) is 0 Å². The lowest BCUT2D eigenvalue weighted by Crippen LogP contribution is -2.48. The molecule has 0 saturated carbocycles. The van der Waals surface area contributed by atoms with Crippen LogP contribution in [0.2, 0.25) is 0 Å². The maximum absolute atomic E-state index is 12.9. The summed E-state index contributed by atoms with van der Waals surface area (Å²) in [6, 6.07) is 6.04. The number of fused-ring (bicyclic) bond motifs is 2. The van der Waals surface area contributed by atoms with Crippen molar-refractivity contribution in [2.75, 3.05) is 7.11 Å². The number of hydrogen-bond acceptors (Lipinski definition) is 3. The maximum Gasteiger partial charge on any atom is 0.258 e. The fourth-order valence-corrected chi connectivity index (χ4v) is 3.69. The van der Waals surface area contributed by atoms with Gasteiger partial charge in [0, 0.05) is 12.1 Å². The zero-order valence-electron chi connectivity index (χ0n) is 12.0. The average molecular weight is 275 g/mol. The molecule has 4 heteroatoms. The number of benzene rings is 1. The molecule has 1 aromatic carbocycles. The highest BCUT2D eigenvalue weighted by Gasteiger charge is 2.43. The van der Waals surface area contributed by atoms with Crippen LogP contribution in [0.5, 0.6) is 5.75 Å². The van der Waals surface area contributed by atoms with Crippen LogP contribution in [-0.2, 0) is 0 Å². The van der Waals surface area contributed by atoms with Gasteiger partial charge >= 0.3 is 0 Å². The highest BCUT2D eigenvalue weighted by atomic mass is 16.5. The molecule has 1 aromatic rings. The highest BCUT2D eigenvalue weighted by Crippen LogP contribution is 2.38. The minimum absolute atomic E-state index is 0.0550. The van der Waals surface area contributed by atoms with E-state index in [1.165, 1.54) is 0 Å². The van der Waals surface area contributed by atoms with E-state index in [4.69, 9.17) is 4.74 Å². The summed E-state index contributed by atoms with van der Waals surface area (Å²) in [6.45, 7) is 1.94. The van der Waals surface area contributed by atoms with Crippen molar-refractivity contribution in [1.29, 1.82) is 0 Å². The summed E-state index contributed by atoms with van der Waals surface area (Å²) >= 11 is 0. The van der Waals surface area contributed by atoms with Crippen LogP contribution in [0.3, 0.4) is 0 Å². The number of hydrogen-bond donors (Lipinski definition) is 1. The summed E-state index contributed by atoms with van der Waals surface area (Å²) in [5, 5.41) is 9.85. The van der Waals surface area contributed by atoms with Crippen molar-refractivity contribution < 1.29 is 14.6 Å². The average Bonchev–Trinajstić information content (AvgIpc) is 2.70. The third kappa shape index (κ3) is 2.08. The lowest BCUT2D eigenvalue weighted by atomic mass is 9.97. The minimum atomic E-state index is -0.254. The lowest BCUT2D eigenvalue weighted by molar-refractivity contribution is 0.0284. The molecule has 3 atom stereocenters. The van der Waals surface area contributed by atoms with Crippen LogP contribution >= 0.6 is 0 Å². The van der Waals surface area contributed by atoms with Crippen molar-refractivity contribution in [3.05, 3.63) is 29.3 Å². The standard InChI is InChI=1S/C16H21NO3/c1-10-4-3-5-14(20-2)15(10)16(19)17-11-6-7-12(17)9-13(18)8-11/h3-5,11-13,18H,6-9H2,1-2H3/t11-,12+,13?. The number of rotatable bonds is 2. The van der Waals surface area contributed by atoms with Crippen LogP contribution in [0, 0.1) is 6.92 Å². The normalized spacial score (nSPS) is 28.6. The van der Waals surface area contributed by atoms with Crippen LogP contribution in [-0.4, -0.2) is 41.2 Å². The first-order valence-corrected chi connectivity index (χ1v) is 7.26. The van der Waals surface area contributed by atoms with Gasteiger partial charge in [-0.25, -0.2) is 0 Å². The van der Waals surface area contributed by atoms with E-state index in [-0.39, 0.29) is 24.1 Å². The molecule has 2 heterocycles. The fraction of sp³-hybridized carbons (Fsp3) is 0.562. The molecule has 2 aliphatic heterocycles. The highest BCUT2D eigenvalue weighted by molar-refractivity contribution is 5.99. The maximum atomic E-state index is 12.9. The molecule has 3 rings (SSSR count). The molecule has 2 fully saturated rings. The molecule has 1 amide bonds. The molecule has 20 heavy (non-hydrogen) atoms. The first kappa shape index (κ1) is 13.4. The van der Waals surface area contributed by atoms with Gasteiger partial charge in [-0.05, 0) is 44.2 Å². The van der Waals surface area contributed by atoms with Crippen molar-refractivity contribution in [3.63, 3.8) is 0 Å². The number of piperidine rings is 1. The molecule has 1 unspecified atom stereocenters. The summed E-state index contributed by atoms with van der Waals surface area (Å²) in [5.74, 6) is 0.694. The van der Waals surface area contributed by atoms with E-state index < -0.39 is 0 Å². The van der Waals surface area contributed by atoms with E-state index >= 15 is 0 Å². The quantitative estimate of drug-likeness (QED) is 0.899. The molecule has 0 radical (unpaired) electrons. The zero-order valence-corrected chi connectivity index (χ0v) is 12.0. The SMILES string of the molecule is COc1cccc(C)c1C(=O)N1[C@@H]2CC[C@H]1CC(O)C2. The van der Waals surface area contributed by atoms with Crippen LogP contribution in [0.4, 0.5) is 0 Å². The van der Waals surface area contributed by atoms with Gasteiger partial charge in [-0.15, -0.1) is 0 Å². The number of aliphatic hydroxyl groups is 1. The lowest BCUT2D eigenvalue weighted by Gasteiger charge is -2.37. The summed E-state index contributed by atoms with van der Waals surface area (Å²) < 4.78 is 5.35. The second-order valence-electron chi connectivity index (χ2n) is 5.87. The van der Waals surface area contributed by atoms with Crippen LogP contribution in [0.1, 0.15) is 41.6 Å². The number of carbonyl (C=O) groups excluding carboxylic acids is 1.